The van der Waals surface area contributed by atoms with Gasteiger partial charge in [0.1, 0.15) is 0 Å². The summed E-state index contributed by atoms with van der Waals surface area (Å²) in [4.78, 5) is 29.6. The van der Waals surface area contributed by atoms with Gasteiger partial charge in [-0.15, -0.1) is 0 Å². The van der Waals surface area contributed by atoms with Gasteiger partial charge in [-0.3, -0.25) is 9.59 Å². The average Bonchev–Trinajstić information content (AvgIpc) is 2.69. The molecule has 1 aliphatic heterocycles. The lowest BCUT2D eigenvalue weighted by molar-refractivity contribution is -0.138. The minimum Gasteiger partial charge on any atom is -0.342 e. The standard InChI is InChI=1S/C21H30N2O2/c1-2-23(19-9-5-3-6-10-19)21(25)18-13-11-17(12-14-18)20(24)22-15-7-4-8-16-22/h3,5-6,9-10,17-18H,2,4,7-8,11-16H2,1H3. The van der Waals surface area contributed by atoms with E-state index in [1.165, 1.54) is 6.42 Å². The van der Waals surface area contributed by atoms with Crippen LogP contribution in [0.4, 0.5) is 5.69 Å². The Hall–Kier alpha value is -1.84. The Labute approximate surface area is 151 Å². The Morgan fingerprint density at radius 1 is 0.960 bits per heavy atom. The van der Waals surface area contributed by atoms with Crippen molar-refractivity contribution in [3.05, 3.63) is 30.3 Å². The van der Waals surface area contributed by atoms with Crippen molar-refractivity contribution in [2.45, 2.75) is 51.9 Å². The van der Waals surface area contributed by atoms with Gasteiger partial charge in [0.25, 0.3) is 0 Å². The molecule has 2 amide bonds. The number of nitrogens with zero attached hydrogens (tertiary/aromatic N) is 2. The first-order chi connectivity index (χ1) is 12.2. The summed E-state index contributed by atoms with van der Waals surface area (Å²) in [6, 6.07) is 9.90. The van der Waals surface area contributed by atoms with Crippen molar-refractivity contribution >= 4 is 17.5 Å². The van der Waals surface area contributed by atoms with Gasteiger partial charge in [0, 0.05) is 37.2 Å². The Morgan fingerprint density at radius 3 is 2.16 bits per heavy atom. The molecule has 0 bridgehead atoms. The van der Waals surface area contributed by atoms with Crippen molar-refractivity contribution < 1.29 is 9.59 Å². The molecule has 136 valence electrons. The fraction of sp³-hybridized carbons (Fsp3) is 0.619. The highest BCUT2D eigenvalue weighted by atomic mass is 16.2. The van der Waals surface area contributed by atoms with E-state index in [0.29, 0.717) is 12.5 Å². The molecule has 25 heavy (non-hydrogen) atoms. The van der Waals surface area contributed by atoms with E-state index in [-0.39, 0.29) is 17.7 Å². The Morgan fingerprint density at radius 2 is 1.56 bits per heavy atom. The third kappa shape index (κ3) is 4.23. The van der Waals surface area contributed by atoms with Crippen LogP contribution in [0.5, 0.6) is 0 Å². The molecule has 0 N–H and O–H groups in total. The number of hydrogen-bond donors (Lipinski definition) is 0. The van der Waals surface area contributed by atoms with Crippen molar-refractivity contribution in [3.63, 3.8) is 0 Å². The fourth-order valence-corrected chi connectivity index (χ4v) is 4.25. The second kappa shape index (κ2) is 8.50. The molecule has 1 aliphatic carbocycles. The lowest BCUT2D eigenvalue weighted by Gasteiger charge is -2.35. The zero-order valence-electron chi connectivity index (χ0n) is 15.3. The van der Waals surface area contributed by atoms with Crippen LogP contribution in [0.15, 0.2) is 30.3 Å². The van der Waals surface area contributed by atoms with Crippen LogP contribution in [0.3, 0.4) is 0 Å². The van der Waals surface area contributed by atoms with Gasteiger partial charge in [-0.25, -0.2) is 0 Å². The van der Waals surface area contributed by atoms with Crippen LogP contribution in [0, 0.1) is 11.8 Å². The van der Waals surface area contributed by atoms with E-state index in [0.717, 1.165) is 57.3 Å². The van der Waals surface area contributed by atoms with Gasteiger partial charge in [0.05, 0.1) is 0 Å². The molecule has 0 atom stereocenters. The highest BCUT2D eigenvalue weighted by molar-refractivity contribution is 5.95. The van der Waals surface area contributed by atoms with Gasteiger partial charge in [-0.05, 0) is 64.0 Å². The molecule has 3 rings (SSSR count). The molecule has 0 radical (unpaired) electrons. The van der Waals surface area contributed by atoms with Crippen molar-refractivity contribution in [2.24, 2.45) is 11.8 Å². The summed E-state index contributed by atoms with van der Waals surface area (Å²) in [6.07, 6.45) is 6.93. The first-order valence-corrected chi connectivity index (χ1v) is 9.86. The number of likely N-dealkylation sites (tertiary alicyclic amines) is 1. The summed E-state index contributed by atoms with van der Waals surface area (Å²) in [7, 11) is 0. The summed E-state index contributed by atoms with van der Waals surface area (Å²) in [5, 5.41) is 0. The van der Waals surface area contributed by atoms with Crippen LogP contribution < -0.4 is 4.90 Å². The van der Waals surface area contributed by atoms with E-state index in [1.54, 1.807) is 0 Å². The number of benzene rings is 1. The van der Waals surface area contributed by atoms with E-state index in [1.807, 2.05) is 42.2 Å². The number of rotatable bonds is 4. The molecule has 1 saturated carbocycles. The maximum Gasteiger partial charge on any atom is 0.230 e. The lowest BCUT2D eigenvalue weighted by Crippen LogP contribution is -2.42. The van der Waals surface area contributed by atoms with Gasteiger partial charge in [-0.2, -0.15) is 0 Å². The molecule has 4 heteroatoms. The van der Waals surface area contributed by atoms with Crippen molar-refractivity contribution in [2.75, 3.05) is 24.5 Å². The molecular weight excluding hydrogens is 312 g/mol. The SMILES string of the molecule is CCN(C(=O)C1CCC(C(=O)N2CCCCC2)CC1)c1ccccc1. The van der Waals surface area contributed by atoms with Crippen LogP contribution in [-0.4, -0.2) is 36.3 Å². The maximum atomic E-state index is 12.9. The lowest BCUT2D eigenvalue weighted by atomic mass is 9.80. The van der Waals surface area contributed by atoms with Crippen LogP contribution >= 0.6 is 0 Å². The molecule has 0 unspecified atom stereocenters. The molecule has 1 aromatic carbocycles. The number of anilines is 1. The van der Waals surface area contributed by atoms with Gasteiger partial charge in [-0.1, -0.05) is 18.2 Å². The molecule has 0 spiro atoms. The first-order valence-electron chi connectivity index (χ1n) is 9.86. The number of amides is 2. The predicted molar refractivity (Wildman–Crippen MR) is 100 cm³/mol. The van der Waals surface area contributed by atoms with Gasteiger partial charge in [0.2, 0.25) is 11.8 Å². The monoisotopic (exact) mass is 342 g/mol. The number of carbonyl (C=O) groups excluding carboxylic acids is 2. The minimum atomic E-state index is 0.0607. The molecule has 1 aromatic rings. The van der Waals surface area contributed by atoms with Crippen LogP contribution in [0.2, 0.25) is 0 Å². The zero-order valence-corrected chi connectivity index (χ0v) is 15.3. The largest absolute Gasteiger partial charge is 0.342 e. The molecule has 2 aliphatic rings. The van der Waals surface area contributed by atoms with Crippen LogP contribution in [0.1, 0.15) is 51.9 Å². The second-order valence-corrected chi connectivity index (χ2v) is 7.35. The zero-order chi connectivity index (χ0) is 17.6. The van der Waals surface area contributed by atoms with E-state index >= 15 is 0 Å². The normalized spacial score (nSPS) is 24.0. The highest BCUT2D eigenvalue weighted by Crippen LogP contribution is 2.32. The summed E-state index contributed by atoms with van der Waals surface area (Å²) in [6.45, 7) is 4.57. The Kier molecular flexibility index (Phi) is 6.11. The van der Waals surface area contributed by atoms with Crippen molar-refractivity contribution in [1.29, 1.82) is 0 Å². The third-order valence-electron chi connectivity index (χ3n) is 5.74. The average molecular weight is 342 g/mol. The molecule has 4 nitrogen and oxygen atoms in total. The van der Waals surface area contributed by atoms with E-state index < -0.39 is 0 Å². The van der Waals surface area contributed by atoms with E-state index in [2.05, 4.69) is 4.90 Å². The highest BCUT2D eigenvalue weighted by Gasteiger charge is 2.34. The van der Waals surface area contributed by atoms with Gasteiger partial charge < -0.3 is 9.80 Å². The first kappa shape index (κ1) is 18.0. The quantitative estimate of drug-likeness (QED) is 0.834. The van der Waals surface area contributed by atoms with Crippen LogP contribution in [0.25, 0.3) is 0 Å². The Bertz CT molecular complexity index is 573. The van der Waals surface area contributed by atoms with Crippen molar-refractivity contribution in [1.82, 2.24) is 4.90 Å². The van der Waals surface area contributed by atoms with E-state index in [9.17, 15) is 9.59 Å². The van der Waals surface area contributed by atoms with Gasteiger partial charge in [0.15, 0.2) is 0 Å². The summed E-state index contributed by atoms with van der Waals surface area (Å²) in [5.74, 6) is 0.748. The second-order valence-electron chi connectivity index (χ2n) is 7.35. The predicted octanol–water partition coefficient (Wildman–Crippen LogP) is 3.86. The molecule has 2 fully saturated rings. The van der Waals surface area contributed by atoms with E-state index in [4.69, 9.17) is 0 Å². The summed E-state index contributed by atoms with van der Waals surface area (Å²) < 4.78 is 0. The Balaban J connectivity index is 1.56. The third-order valence-corrected chi connectivity index (χ3v) is 5.74. The maximum absolute atomic E-state index is 12.9. The molecule has 1 saturated heterocycles. The van der Waals surface area contributed by atoms with Crippen molar-refractivity contribution in [3.8, 4) is 0 Å². The number of para-hydroxylation sites is 1. The molecular formula is C21H30N2O2. The number of carbonyl (C=O) groups is 2. The molecule has 1 heterocycles. The number of piperidine rings is 1. The smallest absolute Gasteiger partial charge is 0.230 e. The van der Waals surface area contributed by atoms with Gasteiger partial charge >= 0.3 is 0 Å². The topological polar surface area (TPSA) is 40.6 Å². The number of hydrogen-bond acceptors (Lipinski definition) is 2. The summed E-state index contributed by atoms with van der Waals surface area (Å²) in [5.41, 5.74) is 0.974. The summed E-state index contributed by atoms with van der Waals surface area (Å²) >= 11 is 0. The molecule has 0 aromatic heterocycles. The minimum absolute atomic E-state index is 0.0607. The van der Waals surface area contributed by atoms with Crippen LogP contribution in [-0.2, 0) is 9.59 Å². The fourth-order valence-electron chi connectivity index (χ4n) is 4.25.